The minimum absolute atomic E-state index is 0.00955. The second-order valence-corrected chi connectivity index (χ2v) is 7.89. The minimum atomic E-state index is -0.545. The minimum Gasteiger partial charge on any atom is -0.455 e. The molecule has 0 unspecified atom stereocenters. The summed E-state index contributed by atoms with van der Waals surface area (Å²) in [6.07, 6.45) is 3.13. The highest BCUT2D eigenvalue weighted by Gasteiger charge is 2.38. The van der Waals surface area contributed by atoms with Crippen LogP contribution >= 0.6 is 0 Å². The fourth-order valence-corrected chi connectivity index (χ4v) is 3.89. The lowest BCUT2D eigenvalue weighted by atomic mass is 9.64. The largest absolute Gasteiger partial charge is 0.455 e. The number of esters is 1. The maximum Gasteiger partial charge on any atom is 0.314 e. The summed E-state index contributed by atoms with van der Waals surface area (Å²) >= 11 is 0. The quantitative estimate of drug-likeness (QED) is 0.602. The SMILES string of the molecule is Cc1cc(C)n2nc(CC(=O)OCC(=O)NCC3(c4ccccc4)CCC3)nc2n1. The fraction of sp³-hybridized carbons (Fsp3) is 0.409. The van der Waals surface area contributed by atoms with Gasteiger partial charge in [0, 0.05) is 23.3 Å². The first kappa shape index (κ1) is 20.0. The first-order valence-corrected chi connectivity index (χ1v) is 10.1. The van der Waals surface area contributed by atoms with Crippen LogP contribution in [-0.2, 0) is 26.2 Å². The van der Waals surface area contributed by atoms with Crippen LogP contribution < -0.4 is 5.32 Å². The van der Waals surface area contributed by atoms with Crippen molar-refractivity contribution < 1.29 is 14.3 Å². The van der Waals surface area contributed by atoms with E-state index in [0.717, 1.165) is 30.7 Å². The molecule has 0 bridgehead atoms. The van der Waals surface area contributed by atoms with Gasteiger partial charge < -0.3 is 10.1 Å². The van der Waals surface area contributed by atoms with E-state index >= 15 is 0 Å². The number of ether oxygens (including phenoxy) is 1. The third kappa shape index (κ3) is 4.17. The van der Waals surface area contributed by atoms with Gasteiger partial charge in [0.05, 0.1) is 0 Å². The molecule has 1 N–H and O–H groups in total. The summed E-state index contributed by atoms with van der Waals surface area (Å²) in [5.41, 5.74) is 2.94. The first-order chi connectivity index (χ1) is 14.4. The molecule has 1 saturated carbocycles. The number of hydrogen-bond acceptors (Lipinski definition) is 6. The standard InChI is InChI=1S/C22H25N5O3/c1-15-11-16(2)27-21(24-15)25-18(26-27)12-20(29)30-13-19(28)23-14-22(9-6-10-22)17-7-4-3-5-8-17/h3-5,7-8,11H,6,9-10,12-14H2,1-2H3,(H,23,28). The topological polar surface area (TPSA) is 98.5 Å². The summed E-state index contributed by atoms with van der Waals surface area (Å²) in [7, 11) is 0. The molecule has 8 nitrogen and oxygen atoms in total. The Morgan fingerprint density at radius 1 is 1.17 bits per heavy atom. The van der Waals surface area contributed by atoms with Gasteiger partial charge in [0.15, 0.2) is 12.4 Å². The molecule has 0 aliphatic heterocycles. The number of benzene rings is 1. The fourth-order valence-electron chi connectivity index (χ4n) is 3.89. The van der Waals surface area contributed by atoms with Crippen LogP contribution in [0, 0.1) is 13.8 Å². The van der Waals surface area contributed by atoms with Crippen molar-refractivity contribution >= 4 is 17.7 Å². The second-order valence-electron chi connectivity index (χ2n) is 7.89. The van der Waals surface area contributed by atoms with E-state index in [4.69, 9.17) is 4.74 Å². The monoisotopic (exact) mass is 407 g/mol. The second kappa shape index (κ2) is 8.22. The maximum atomic E-state index is 12.2. The highest BCUT2D eigenvalue weighted by Crippen LogP contribution is 2.43. The highest BCUT2D eigenvalue weighted by atomic mass is 16.5. The Labute approximate surface area is 174 Å². The molecule has 1 amide bonds. The molecule has 3 aromatic rings. The molecule has 1 aromatic carbocycles. The summed E-state index contributed by atoms with van der Waals surface area (Å²) in [5, 5.41) is 7.20. The lowest BCUT2D eigenvalue weighted by molar-refractivity contribution is -0.148. The van der Waals surface area contributed by atoms with Crippen LogP contribution in [0.5, 0.6) is 0 Å². The average Bonchev–Trinajstić information content (AvgIpc) is 3.09. The van der Waals surface area contributed by atoms with Crippen LogP contribution in [0.3, 0.4) is 0 Å². The molecule has 0 saturated heterocycles. The summed E-state index contributed by atoms with van der Waals surface area (Å²) < 4.78 is 6.71. The Morgan fingerprint density at radius 2 is 1.93 bits per heavy atom. The van der Waals surface area contributed by atoms with Crippen LogP contribution in [0.4, 0.5) is 0 Å². The summed E-state index contributed by atoms with van der Waals surface area (Å²) in [5.74, 6) is -0.0858. The predicted octanol–water partition coefficient (Wildman–Crippen LogP) is 2.06. The average molecular weight is 407 g/mol. The van der Waals surface area contributed by atoms with Gasteiger partial charge in [-0.25, -0.2) is 9.50 Å². The Kier molecular flexibility index (Phi) is 5.48. The Bertz CT molecular complexity index is 1070. The Hall–Kier alpha value is -3.29. The molecule has 4 rings (SSSR count). The first-order valence-electron chi connectivity index (χ1n) is 10.1. The smallest absolute Gasteiger partial charge is 0.314 e. The van der Waals surface area contributed by atoms with Gasteiger partial charge in [-0.3, -0.25) is 9.59 Å². The molecule has 0 atom stereocenters. The number of amides is 1. The van der Waals surface area contributed by atoms with Gasteiger partial charge in [0.25, 0.3) is 11.7 Å². The van der Waals surface area contributed by atoms with Crippen molar-refractivity contribution in [2.75, 3.05) is 13.2 Å². The van der Waals surface area contributed by atoms with E-state index < -0.39 is 5.97 Å². The van der Waals surface area contributed by atoms with Crippen molar-refractivity contribution in [3.8, 4) is 0 Å². The van der Waals surface area contributed by atoms with Crippen LogP contribution in [0.2, 0.25) is 0 Å². The molecular formula is C22H25N5O3. The number of aryl methyl sites for hydroxylation is 2. The van der Waals surface area contributed by atoms with Crippen LogP contribution in [-0.4, -0.2) is 44.6 Å². The predicted molar refractivity (Wildman–Crippen MR) is 110 cm³/mol. The zero-order valence-electron chi connectivity index (χ0n) is 17.2. The number of rotatable bonds is 7. The van der Waals surface area contributed by atoms with Crippen LogP contribution in [0.25, 0.3) is 5.78 Å². The van der Waals surface area contributed by atoms with Gasteiger partial charge in [-0.1, -0.05) is 36.8 Å². The van der Waals surface area contributed by atoms with Crippen molar-refractivity contribution in [2.45, 2.75) is 44.9 Å². The maximum absolute atomic E-state index is 12.2. The van der Waals surface area contributed by atoms with Crippen LogP contribution in [0.15, 0.2) is 36.4 Å². The molecule has 2 aromatic heterocycles. The van der Waals surface area contributed by atoms with Crippen molar-refractivity contribution in [3.63, 3.8) is 0 Å². The summed E-state index contributed by atoms with van der Waals surface area (Å²) in [6, 6.07) is 12.1. The number of nitrogens with zero attached hydrogens (tertiary/aromatic N) is 4. The van der Waals surface area contributed by atoms with E-state index in [1.807, 2.05) is 38.1 Å². The zero-order valence-corrected chi connectivity index (χ0v) is 17.2. The number of aromatic nitrogens is 4. The zero-order chi connectivity index (χ0) is 21.1. The van der Waals surface area contributed by atoms with E-state index in [2.05, 4.69) is 32.5 Å². The number of nitrogens with one attached hydrogen (secondary N) is 1. The van der Waals surface area contributed by atoms with Gasteiger partial charge >= 0.3 is 5.97 Å². The number of carbonyl (C=O) groups is 2. The molecule has 30 heavy (non-hydrogen) atoms. The molecule has 1 fully saturated rings. The van der Waals surface area contributed by atoms with Crippen molar-refractivity contribution in [1.82, 2.24) is 24.9 Å². The van der Waals surface area contributed by atoms with E-state index in [0.29, 0.717) is 18.1 Å². The third-order valence-electron chi connectivity index (χ3n) is 5.65. The number of fused-ring (bicyclic) bond motifs is 1. The molecule has 1 aliphatic carbocycles. The van der Waals surface area contributed by atoms with Crippen LogP contribution in [0.1, 0.15) is 42.0 Å². The van der Waals surface area contributed by atoms with Gasteiger partial charge in [0.1, 0.15) is 6.42 Å². The number of carbonyl (C=O) groups excluding carboxylic acids is 2. The van der Waals surface area contributed by atoms with Gasteiger partial charge in [-0.15, -0.1) is 5.10 Å². The highest BCUT2D eigenvalue weighted by molar-refractivity contribution is 5.81. The summed E-state index contributed by atoms with van der Waals surface area (Å²) in [6.45, 7) is 4.01. The molecule has 0 radical (unpaired) electrons. The molecule has 0 spiro atoms. The van der Waals surface area contributed by atoms with E-state index in [1.165, 1.54) is 5.56 Å². The molecule has 2 heterocycles. The lowest BCUT2D eigenvalue weighted by Gasteiger charge is -2.42. The van der Waals surface area contributed by atoms with E-state index in [-0.39, 0.29) is 24.3 Å². The normalized spacial score (nSPS) is 14.9. The van der Waals surface area contributed by atoms with Crippen molar-refractivity contribution in [3.05, 3.63) is 59.2 Å². The molecular weight excluding hydrogens is 382 g/mol. The van der Waals surface area contributed by atoms with Gasteiger partial charge in [-0.05, 0) is 38.3 Å². The van der Waals surface area contributed by atoms with E-state index in [9.17, 15) is 9.59 Å². The summed E-state index contributed by atoms with van der Waals surface area (Å²) in [4.78, 5) is 32.9. The van der Waals surface area contributed by atoms with E-state index in [1.54, 1.807) is 4.52 Å². The third-order valence-corrected chi connectivity index (χ3v) is 5.65. The van der Waals surface area contributed by atoms with Crippen molar-refractivity contribution in [1.29, 1.82) is 0 Å². The van der Waals surface area contributed by atoms with Crippen molar-refractivity contribution in [2.24, 2.45) is 0 Å². The van der Waals surface area contributed by atoms with Gasteiger partial charge in [-0.2, -0.15) is 4.98 Å². The molecule has 1 aliphatic rings. The van der Waals surface area contributed by atoms with Gasteiger partial charge in [0.2, 0.25) is 0 Å². The molecule has 8 heteroatoms. The number of hydrogen-bond donors (Lipinski definition) is 1. The Balaban J connectivity index is 1.28. The lowest BCUT2D eigenvalue weighted by Crippen LogP contribution is -2.46. The molecule has 156 valence electrons. The Morgan fingerprint density at radius 3 is 2.63 bits per heavy atom.